The third kappa shape index (κ3) is 5.08. The molecular weight excluding hydrogens is 322 g/mol. The molecule has 0 fully saturated rings. The van der Waals surface area contributed by atoms with E-state index in [-0.39, 0.29) is 0 Å². The van der Waals surface area contributed by atoms with Crippen LogP contribution >= 0.6 is 0 Å². The van der Waals surface area contributed by atoms with Crippen molar-refractivity contribution in [2.24, 2.45) is 4.99 Å². The lowest BCUT2D eigenvalue weighted by atomic mass is 10.2. The Morgan fingerprint density at radius 1 is 0.808 bits per heavy atom. The Morgan fingerprint density at radius 3 is 2.15 bits per heavy atom. The SMILES string of the molecule is C/C(=C\Oc1ccccc1)C(=Nc1ccccc1)Oc1cccc(C)c1. The highest BCUT2D eigenvalue weighted by Gasteiger charge is 2.08. The predicted octanol–water partition coefficient (Wildman–Crippen LogP) is 6.09. The molecule has 0 bridgehead atoms. The number of aryl methyl sites for hydroxylation is 1. The molecule has 0 amide bonds. The highest BCUT2D eigenvalue weighted by molar-refractivity contribution is 5.96. The van der Waals surface area contributed by atoms with Gasteiger partial charge in [-0.2, -0.15) is 0 Å². The summed E-state index contributed by atoms with van der Waals surface area (Å²) in [6.07, 6.45) is 1.66. The van der Waals surface area contributed by atoms with Gasteiger partial charge in [-0.15, -0.1) is 0 Å². The summed E-state index contributed by atoms with van der Waals surface area (Å²) in [5.74, 6) is 2.01. The van der Waals surface area contributed by atoms with Crippen LogP contribution < -0.4 is 9.47 Å². The van der Waals surface area contributed by atoms with Gasteiger partial charge >= 0.3 is 0 Å². The molecule has 0 aliphatic rings. The summed E-state index contributed by atoms with van der Waals surface area (Å²) in [5, 5.41) is 0. The van der Waals surface area contributed by atoms with E-state index in [0.717, 1.165) is 28.3 Å². The Bertz CT molecular complexity index is 900. The van der Waals surface area contributed by atoms with Crippen LogP contribution in [0.25, 0.3) is 0 Å². The van der Waals surface area contributed by atoms with Gasteiger partial charge in [-0.3, -0.25) is 0 Å². The highest BCUT2D eigenvalue weighted by Crippen LogP contribution is 2.19. The standard InChI is InChI=1S/C23H21NO2/c1-18-10-9-15-22(16-18)26-23(24-20-11-5-3-6-12-20)19(2)17-25-21-13-7-4-8-14-21/h3-17H,1-2H3/b19-17+,24-23?. The first kappa shape index (κ1) is 17.5. The molecular formula is C23H21NO2. The fourth-order valence-electron chi connectivity index (χ4n) is 2.31. The van der Waals surface area contributed by atoms with E-state index in [9.17, 15) is 0 Å². The average Bonchev–Trinajstić information content (AvgIpc) is 2.67. The van der Waals surface area contributed by atoms with Crippen molar-refractivity contribution in [2.45, 2.75) is 13.8 Å². The topological polar surface area (TPSA) is 30.8 Å². The predicted molar refractivity (Wildman–Crippen MR) is 106 cm³/mol. The Hall–Kier alpha value is -3.33. The molecule has 0 saturated carbocycles. The van der Waals surface area contributed by atoms with Gasteiger partial charge in [0.05, 0.1) is 11.9 Å². The van der Waals surface area contributed by atoms with E-state index in [1.165, 1.54) is 0 Å². The maximum absolute atomic E-state index is 6.05. The molecule has 0 atom stereocenters. The first-order valence-electron chi connectivity index (χ1n) is 8.48. The molecule has 0 radical (unpaired) electrons. The van der Waals surface area contributed by atoms with E-state index in [2.05, 4.69) is 4.99 Å². The van der Waals surface area contributed by atoms with Gasteiger partial charge in [0, 0.05) is 5.57 Å². The van der Waals surface area contributed by atoms with Crippen LogP contribution in [-0.4, -0.2) is 5.90 Å². The number of ether oxygens (including phenoxy) is 2. The van der Waals surface area contributed by atoms with Gasteiger partial charge in [0.2, 0.25) is 5.90 Å². The third-order valence-electron chi connectivity index (χ3n) is 3.64. The second-order valence-corrected chi connectivity index (χ2v) is 5.90. The Balaban J connectivity index is 1.88. The van der Waals surface area contributed by atoms with Crippen molar-refractivity contribution in [3.63, 3.8) is 0 Å². The fraction of sp³-hybridized carbons (Fsp3) is 0.0870. The van der Waals surface area contributed by atoms with Gasteiger partial charge in [-0.1, -0.05) is 48.5 Å². The molecule has 0 unspecified atom stereocenters. The lowest BCUT2D eigenvalue weighted by Gasteiger charge is -2.11. The summed E-state index contributed by atoms with van der Waals surface area (Å²) in [6, 6.07) is 27.2. The molecule has 0 saturated heterocycles. The molecule has 0 aliphatic heterocycles. The molecule has 0 N–H and O–H groups in total. The van der Waals surface area contributed by atoms with Crippen molar-refractivity contribution in [1.82, 2.24) is 0 Å². The number of aliphatic imine (C=N–C) groups is 1. The first-order chi connectivity index (χ1) is 12.7. The van der Waals surface area contributed by atoms with E-state index in [4.69, 9.17) is 9.47 Å². The molecule has 0 spiro atoms. The molecule has 0 aromatic heterocycles. The van der Waals surface area contributed by atoms with Crippen molar-refractivity contribution in [3.8, 4) is 11.5 Å². The summed E-state index contributed by atoms with van der Waals surface area (Å²) in [7, 11) is 0. The van der Waals surface area contributed by atoms with Crippen molar-refractivity contribution >= 4 is 11.6 Å². The number of nitrogens with zero attached hydrogens (tertiary/aromatic N) is 1. The maximum atomic E-state index is 6.05. The number of rotatable bonds is 5. The quantitative estimate of drug-likeness (QED) is 0.319. The van der Waals surface area contributed by atoms with Crippen LogP contribution in [0.1, 0.15) is 12.5 Å². The second-order valence-electron chi connectivity index (χ2n) is 5.90. The molecule has 26 heavy (non-hydrogen) atoms. The zero-order valence-electron chi connectivity index (χ0n) is 14.9. The van der Waals surface area contributed by atoms with Crippen molar-refractivity contribution in [2.75, 3.05) is 0 Å². The van der Waals surface area contributed by atoms with Gasteiger partial charge < -0.3 is 9.47 Å². The lowest BCUT2D eigenvalue weighted by Crippen LogP contribution is -2.11. The average molecular weight is 343 g/mol. The number of hydrogen-bond acceptors (Lipinski definition) is 3. The van der Waals surface area contributed by atoms with E-state index < -0.39 is 0 Å². The first-order valence-corrected chi connectivity index (χ1v) is 8.48. The van der Waals surface area contributed by atoms with Crippen LogP contribution in [0.15, 0.2) is 102 Å². The summed E-state index contributed by atoms with van der Waals surface area (Å²) in [5.41, 5.74) is 2.74. The highest BCUT2D eigenvalue weighted by atomic mass is 16.5. The van der Waals surface area contributed by atoms with Crippen LogP contribution in [0.2, 0.25) is 0 Å². The molecule has 3 heteroatoms. The Kier molecular flexibility index (Phi) is 5.84. The van der Waals surface area contributed by atoms with E-state index in [1.807, 2.05) is 98.8 Å². The van der Waals surface area contributed by atoms with Crippen LogP contribution in [-0.2, 0) is 0 Å². The van der Waals surface area contributed by atoms with Gasteiger partial charge in [-0.25, -0.2) is 4.99 Å². The zero-order chi connectivity index (χ0) is 18.2. The minimum Gasteiger partial charge on any atom is -0.465 e. The fourth-order valence-corrected chi connectivity index (χ4v) is 2.31. The summed E-state index contributed by atoms with van der Waals surface area (Å²) >= 11 is 0. The number of benzene rings is 3. The van der Waals surface area contributed by atoms with Crippen molar-refractivity contribution in [1.29, 1.82) is 0 Å². The van der Waals surface area contributed by atoms with Crippen LogP contribution in [0, 0.1) is 6.92 Å². The smallest absolute Gasteiger partial charge is 0.225 e. The normalized spacial score (nSPS) is 11.9. The summed E-state index contributed by atoms with van der Waals surface area (Å²) in [4.78, 5) is 4.64. The molecule has 3 aromatic carbocycles. The third-order valence-corrected chi connectivity index (χ3v) is 3.64. The van der Waals surface area contributed by atoms with Crippen LogP contribution in [0.3, 0.4) is 0 Å². The second kappa shape index (κ2) is 8.67. The van der Waals surface area contributed by atoms with Crippen LogP contribution in [0.4, 0.5) is 5.69 Å². The van der Waals surface area contributed by atoms with Gasteiger partial charge in [0.25, 0.3) is 0 Å². The van der Waals surface area contributed by atoms with Crippen molar-refractivity contribution < 1.29 is 9.47 Å². The zero-order valence-corrected chi connectivity index (χ0v) is 14.9. The molecule has 0 heterocycles. The number of para-hydroxylation sites is 2. The van der Waals surface area contributed by atoms with Gasteiger partial charge in [0.1, 0.15) is 11.5 Å². The Labute approximate surface area is 154 Å². The summed E-state index contributed by atoms with van der Waals surface area (Å²) in [6.45, 7) is 3.95. The summed E-state index contributed by atoms with van der Waals surface area (Å²) < 4.78 is 11.8. The molecule has 3 nitrogen and oxygen atoms in total. The molecule has 3 rings (SSSR count). The molecule has 130 valence electrons. The monoisotopic (exact) mass is 343 g/mol. The van der Waals surface area contributed by atoms with E-state index in [1.54, 1.807) is 6.26 Å². The van der Waals surface area contributed by atoms with E-state index >= 15 is 0 Å². The minimum atomic E-state index is 0.498. The van der Waals surface area contributed by atoms with Crippen LogP contribution in [0.5, 0.6) is 11.5 Å². The molecule has 3 aromatic rings. The lowest BCUT2D eigenvalue weighted by molar-refractivity contribution is 0.473. The largest absolute Gasteiger partial charge is 0.465 e. The maximum Gasteiger partial charge on any atom is 0.225 e. The minimum absolute atomic E-state index is 0.498. The van der Waals surface area contributed by atoms with Gasteiger partial charge in [-0.05, 0) is 55.8 Å². The van der Waals surface area contributed by atoms with Crippen molar-refractivity contribution in [3.05, 3.63) is 102 Å². The van der Waals surface area contributed by atoms with Gasteiger partial charge in [0.15, 0.2) is 0 Å². The number of hydrogen-bond donors (Lipinski definition) is 0. The van der Waals surface area contributed by atoms with E-state index in [0.29, 0.717) is 5.90 Å². The molecule has 0 aliphatic carbocycles. The Morgan fingerprint density at radius 2 is 1.46 bits per heavy atom.